The summed E-state index contributed by atoms with van der Waals surface area (Å²) in [5.74, 6) is 0.521. The quantitative estimate of drug-likeness (QED) is 0.536. The molecule has 4 rings (SSSR count). The fourth-order valence-corrected chi connectivity index (χ4v) is 4.70. The molecule has 2 aromatic heterocycles. The van der Waals surface area contributed by atoms with E-state index in [4.69, 9.17) is 0 Å². The molecule has 1 aromatic carbocycles. The first-order valence-electron chi connectivity index (χ1n) is 10.00. The molecule has 0 radical (unpaired) electrons. The Morgan fingerprint density at radius 3 is 2.43 bits per heavy atom. The van der Waals surface area contributed by atoms with E-state index in [2.05, 4.69) is 53.3 Å². The van der Waals surface area contributed by atoms with Crippen LogP contribution in [0.2, 0.25) is 0 Å². The highest BCUT2D eigenvalue weighted by molar-refractivity contribution is 5.95. The van der Waals surface area contributed by atoms with Crippen LogP contribution in [-0.2, 0) is 6.18 Å². The van der Waals surface area contributed by atoms with Gasteiger partial charge in [-0.1, -0.05) is 6.07 Å². The zero-order valence-corrected chi connectivity index (χ0v) is 17.5. The number of aromatic nitrogens is 3. The number of fused-ring (bicyclic) bond motifs is 1. The van der Waals surface area contributed by atoms with Crippen molar-refractivity contribution in [3.63, 3.8) is 0 Å². The molecule has 3 N–H and O–H groups in total. The summed E-state index contributed by atoms with van der Waals surface area (Å²) >= 11 is 0. The van der Waals surface area contributed by atoms with Gasteiger partial charge in [-0.05, 0) is 58.7 Å². The summed E-state index contributed by atoms with van der Waals surface area (Å²) < 4.78 is 38.9. The molecule has 0 bridgehead atoms. The minimum Gasteiger partial charge on any atom is -0.360 e. The number of piperidine rings is 1. The van der Waals surface area contributed by atoms with Crippen molar-refractivity contribution in [1.82, 2.24) is 20.3 Å². The van der Waals surface area contributed by atoms with E-state index in [0.29, 0.717) is 22.5 Å². The van der Waals surface area contributed by atoms with Gasteiger partial charge in [0.05, 0.1) is 11.3 Å². The lowest BCUT2D eigenvalue weighted by atomic mass is 9.80. The number of rotatable bonds is 3. The normalized spacial score (nSPS) is 19.2. The summed E-state index contributed by atoms with van der Waals surface area (Å²) in [6.07, 6.45) is 0.842. The van der Waals surface area contributed by atoms with Gasteiger partial charge < -0.3 is 15.6 Å². The van der Waals surface area contributed by atoms with Gasteiger partial charge in [0.25, 0.3) is 0 Å². The van der Waals surface area contributed by atoms with E-state index in [1.165, 1.54) is 6.07 Å². The summed E-state index contributed by atoms with van der Waals surface area (Å²) in [4.78, 5) is 11.9. The highest BCUT2D eigenvalue weighted by atomic mass is 19.4. The number of halogens is 3. The van der Waals surface area contributed by atoms with Crippen molar-refractivity contribution in [3.8, 4) is 11.3 Å². The average molecular weight is 417 g/mol. The van der Waals surface area contributed by atoms with E-state index in [1.807, 2.05) is 0 Å². The van der Waals surface area contributed by atoms with Gasteiger partial charge in [-0.15, -0.1) is 0 Å². The summed E-state index contributed by atoms with van der Waals surface area (Å²) in [5.41, 5.74) is 1.13. The minimum atomic E-state index is -4.37. The first kappa shape index (κ1) is 20.7. The molecule has 0 amide bonds. The number of aromatic amines is 1. The minimum absolute atomic E-state index is 0.00986. The third-order valence-electron chi connectivity index (χ3n) is 5.46. The zero-order chi connectivity index (χ0) is 21.7. The molecule has 160 valence electrons. The van der Waals surface area contributed by atoms with Gasteiger partial charge in [-0.25, -0.2) is 9.97 Å². The first-order chi connectivity index (χ1) is 13.9. The Bertz CT molecular complexity index is 1050. The van der Waals surface area contributed by atoms with Gasteiger partial charge in [-0.3, -0.25) is 0 Å². The molecule has 1 fully saturated rings. The lowest BCUT2D eigenvalue weighted by Crippen LogP contribution is -2.60. The molecule has 0 aliphatic carbocycles. The molecule has 1 saturated heterocycles. The Hall–Kier alpha value is -2.61. The number of nitrogens with zero attached hydrogens (tertiary/aromatic N) is 2. The molecule has 0 saturated carbocycles. The van der Waals surface area contributed by atoms with Crippen LogP contribution in [0.5, 0.6) is 0 Å². The smallest absolute Gasteiger partial charge is 0.360 e. The fourth-order valence-electron chi connectivity index (χ4n) is 4.70. The van der Waals surface area contributed by atoms with Gasteiger partial charge in [0.2, 0.25) is 5.95 Å². The molecule has 8 heteroatoms. The number of benzene rings is 1. The largest absolute Gasteiger partial charge is 0.416 e. The van der Waals surface area contributed by atoms with Crippen LogP contribution in [0.4, 0.5) is 19.1 Å². The van der Waals surface area contributed by atoms with Crippen LogP contribution in [0.3, 0.4) is 0 Å². The molecular formula is C22H26F3N5. The van der Waals surface area contributed by atoms with Crippen LogP contribution in [0.25, 0.3) is 22.2 Å². The van der Waals surface area contributed by atoms with Gasteiger partial charge in [0.15, 0.2) is 0 Å². The van der Waals surface area contributed by atoms with E-state index >= 15 is 0 Å². The van der Waals surface area contributed by atoms with Crippen LogP contribution < -0.4 is 10.6 Å². The van der Waals surface area contributed by atoms with Crippen molar-refractivity contribution in [2.75, 3.05) is 5.32 Å². The topological polar surface area (TPSA) is 65.6 Å². The van der Waals surface area contributed by atoms with E-state index in [-0.39, 0.29) is 17.1 Å². The summed E-state index contributed by atoms with van der Waals surface area (Å²) in [6.45, 7) is 8.73. The lowest BCUT2D eigenvalue weighted by Gasteiger charge is -2.46. The first-order valence-corrected chi connectivity index (χ1v) is 10.00. The monoisotopic (exact) mass is 417 g/mol. The summed E-state index contributed by atoms with van der Waals surface area (Å²) in [5, 5.41) is 7.79. The Morgan fingerprint density at radius 1 is 1.07 bits per heavy atom. The van der Waals surface area contributed by atoms with Crippen molar-refractivity contribution in [3.05, 3.63) is 42.2 Å². The molecule has 1 aliphatic heterocycles. The van der Waals surface area contributed by atoms with E-state index in [9.17, 15) is 13.2 Å². The third-order valence-corrected chi connectivity index (χ3v) is 5.46. The second-order valence-electron chi connectivity index (χ2n) is 9.37. The van der Waals surface area contributed by atoms with Crippen molar-refractivity contribution in [1.29, 1.82) is 0 Å². The van der Waals surface area contributed by atoms with Gasteiger partial charge in [-0.2, -0.15) is 13.2 Å². The highest BCUT2D eigenvalue weighted by Gasteiger charge is 2.38. The maximum atomic E-state index is 13.0. The Kier molecular flexibility index (Phi) is 4.80. The Balaban J connectivity index is 1.61. The average Bonchev–Trinajstić information content (AvgIpc) is 3.01. The van der Waals surface area contributed by atoms with Crippen molar-refractivity contribution in [2.45, 2.75) is 63.8 Å². The number of nitrogens with one attached hydrogen (secondary N) is 3. The van der Waals surface area contributed by atoms with Gasteiger partial charge in [0.1, 0.15) is 0 Å². The zero-order valence-electron chi connectivity index (χ0n) is 17.5. The highest BCUT2D eigenvalue weighted by Crippen LogP contribution is 2.35. The van der Waals surface area contributed by atoms with Crippen molar-refractivity contribution >= 4 is 16.9 Å². The van der Waals surface area contributed by atoms with Crippen LogP contribution in [0.1, 0.15) is 46.1 Å². The molecule has 3 aromatic rings. The number of hydrogen-bond acceptors (Lipinski definition) is 4. The van der Waals surface area contributed by atoms with Crippen LogP contribution in [-0.4, -0.2) is 32.1 Å². The third kappa shape index (κ3) is 4.28. The second-order valence-corrected chi connectivity index (χ2v) is 9.37. The molecule has 0 spiro atoms. The Labute approximate surface area is 173 Å². The molecular weight excluding hydrogens is 391 g/mol. The molecule has 0 unspecified atom stereocenters. The fraction of sp³-hybridized carbons (Fsp3) is 0.455. The predicted octanol–water partition coefficient (Wildman–Crippen LogP) is 5.36. The predicted molar refractivity (Wildman–Crippen MR) is 112 cm³/mol. The number of hydrogen-bond donors (Lipinski definition) is 3. The van der Waals surface area contributed by atoms with E-state index < -0.39 is 11.7 Å². The number of H-pyrrole nitrogens is 1. The van der Waals surface area contributed by atoms with Gasteiger partial charge >= 0.3 is 6.18 Å². The summed E-state index contributed by atoms with van der Waals surface area (Å²) in [6, 6.07) is 5.68. The van der Waals surface area contributed by atoms with Gasteiger partial charge in [0, 0.05) is 46.0 Å². The van der Waals surface area contributed by atoms with E-state index in [1.54, 1.807) is 18.5 Å². The standard InChI is InChI=1S/C22H26F3N5/c1-20(2)10-14(11-21(3,4)30-20)28-19-26-8-7-17(29-19)16-12-27-18-9-13(22(23,24)25)5-6-15(16)18/h5-9,12,14,27,30H,10-11H2,1-4H3,(H,26,28,29). The van der Waals surface area contributed by atoms with Crippen LogP contribution in [0, 0.1) is 0 Å². The summed E-state index contributed by atoms with van der Waals surface area (Å²) in [7, 11) is 0. The SMILES string of the molecule is CC1(C)CC(Nc2nccc(-c3c[nH]c4cc(C(F)(F)F)ccc34)n2)CC(C)(C)N1. The maximum absolute atomic E-state index is 13.0. The van der Waals surface area contributed by atoms with Crippen molar-refractivity contribution < 1.29 is 13.2 Å². The molecule has 0 atom stereocenters. The molecule has 3 heterocycles. The molecule has 5 nitrogen and oxygen atoms in total. The lowest BCUT2D eigenvalue weighted by molar-refractivity contribution is -0.137. The maximum Gasteiger partial charge on any atom is 0.416 e. The van der Waals surface area contributed by atoms with Crippen LogP contribution in [0.15, 0.2) is 36.7 Å². The number of anilines is 1. The van der Waals surface area contributed by atoms with Crippen molar-refractivity contribution in [2.24, 2.45) is 0 Å². The van der Waals surface area contributed by atoms with Crippen LogP contribution >= 0.6 is 0 Å². The number of alkyl halides is 3. The molecule has 30 heavy (non-hydrogen) atoms. The second kappa shape index (κ2) is 6.97. The molecule has 1 aliphatic rings. The van der Waals surface area contributed by atoms with E-state index in [0.717, 1.165) is 30.5 Å². The Morgan fingerprint density at radius 2 is 1.77 bits per heavy atom.